The van der Waals surface area contributed by atoms with Crippen molar-refractivity contribution in [2.75, 3.05) is 6.54 Å². The summed E-state index contributed by atoms with van der Waals surface area (Å²) >= 11 is 0. The molecule has 1 aliphatic rings. The van der Waals surface area contributed by atoms with E-state index in [9.17, 15) is 18.0 Å². The maximum absolute atomic E-state index is 14.2. The first-order valence-electron chi connectivity index (χ1n) is 9.76. The molecule has 4 rings (SSSR count). The zero-order valence-corrected chi connectivity index (χ0v) is 16.5. The number of rotatable bonds is 6. The van der Waals surface area contributed by atoms with E-state index >= 15 is 0 Å². The number of carbonyl (C=O) groups is 1. The fourth-order valence-electron chi connectivity index (χ4n) is 3.46. The second kappa shape index (κ2) is 9.04. The van der Waals surface area contributed by atoms with Gasteiger partial charge in [-0.15, -0.1) is 0 Å². The third kappa shape index (κ3) is 4.94. The summed E-state index contributed by atoms with van der Waals surface area (Å²) in [5.41, 5.74) is 1.86. The fourth-order valence-corrected chi connectivity index (χ4v) is 3.46. The molecule has 0 aromatic heterocycles. The summed E-state index contributed by atoms with van der Waals surface area (Å²) in [6.07, 6.45) is -0.0696. The lowest BCUT2D eigenvalue weighted by Gasteiger charge is -2.25. The van der Waals surface area contributed by atoms with Gasteiger partial charge in [-0.05, 0) is 47.5 Å². The second-order valence-electron chi connectivity index (χ2n) is 7.27. The third-order valence-corrected chi connectivity index (χ3v) is 4.99. The Bertz CT molecular complexity index is 1120. The summed E-state index contributed by atoms with van der Waals surface area (Å²) in [6.45, 7) is 0.203. The standard InChI is InChI=1S/C24H19F3N2O2/c25-18-10-8-17(9-11-18)23-13-20(31-28-23)15-29(14-16-4-3-5-19(26)12-16)24(30)21-6-1-2-7-22(21)27/h1-12,20H,13-15H2/t20-/m1/s1. The summed E-state index contributed by atoms with van der Waals surface area (Å²) in [6, 6.07) is 17.5. The molecule has 3 aromatic carbocycles. The summed E-state index contributed by atoms with van der Waals surface area (Å²) in [5.74, 6) is -1.93. The van der Waals surface area contributed by atoms with Gasteiger partial charge in [0.2, 0.25) is 0 Å². The molecule has 3 aromatic rings. The van der Waals surface area contributed by atoms with E-state index in [1.54, 1.807) is 30.3 Å². The number of benzene rings is 3. The van der Waals surface area contributed by atoms with Gasteiger partial charge in [-0.25, -0.2) is 13.2 Å². The minimum atomic E-state index is -0.632. The van der Waals surface area contributed by atoms with Crippen LogP contribution in [-0.2, 0) is 11.4 Å². The Morgan fingerprint density at radius 3 is 2.48 bits per heavy atom. The monoisotopic (exact) mass is 424 g/mol. The predicted octanol–water partition coefficient (Wildman–Crippen LogP) is 4.94. The van der Waals surface area contributed by atoms with Crippen LogP contribution in [-0.4, -0.2) is 29.2 Å². The van der Waals surface area contributed by atoms with Gasteiger partial charge in [0.15, 0.2) is 6.10 Å². The molecular formula is C24H19F3N2O2. The maximum atomic E-state index is 14.2. The van der Waals surface area contributed by atoms with Gasteiger partial charge in [-0.2, -0.15) is 0 Å². The molecule has 0 bridgehead atoms. The van der Waals surface area contributed by atoms with Crippen LogP contribution < -0.4 is 0 Å². The Morgan fingerprint density at radius 1 is 0.968 bits per heavy atom. The van der Waals surface area contributed by atoms with Crippen LogP contribution in [0.25, 0.3) is 0 Å². The average Bonchev–Trinajstić information content (AvgIpc) is 3.22. The molecule has 0 saturated heterocycles. The van der Waals surface area contributed by atoms with Crippen molar-refractivity contribution < 1.29 is 22.8 Å². The summed E-state index contributed by atoms with van der Waals surface area (Å²) in [5, 5.41) is 4.06. The SMILES string of the molecule is O=C(c1ccccc1F)N(Cc1cccc(F)c1)C[C@H]1CC(c2ccc(F)cc2)=NO1. The van der Waals surface area contributed by atoms with Crippen molar-refractivity contribution in [3.8, 4) is 0 Å². The van der Waals surface area contributed by atoms with Gasteiger partial charge in [0, 0.05) is 13.0 Å². The molecule has 0 fully saturated rings. The van der Waals surface area contributed by atoms with E-state index in [-0.39, 0.29) is 24.5 Å². The molecule has 1 aliphatic heterocycles. The van der Waals surface area contributed by atoms with Crippen molar-refractivity contribution in [3.05, 3.63) is 107 Å². The molecule has 0 unspecified atom stereocenters. The van der Waals surface area contributed by atoms with Crippen molar-refractivity contribution in [1.29, 1.82) is 0 Å². The molecule has 1 atom stereocenters. The van der Waals surface area contributed by atoms with Gasteiger partial charge in [0.25, 0.3) is 5.91 Å². The normalized spacial score (nSPS) is 15.3. The minimum Gasteiger partial charge on any atom is -0.390 e. The highest BCUT2D eigenvalue weighted by Gasteiger charge is 2.28. The molecule has 0 radical (unpaired) electrons. The van der Waals surface area contributed by atoms with Crippen molar-refractivity contribution in [1.82, 2.24) is 4.90 Å². The van der Waals surface area contributed by atoms with Crippen LogP contribution in [0, 0.1) is 17.5 Å². The number of nitrogens with zero attached hydrogens (tertiary/aromatic N) is 2. The molecule has 4 nitrogen and oxygen atoms in total. The smallest absolute Gasteiger partial charge is 0.257 e. The molecule has 31 heavy (non-hydrogen) atoms. The molecule has 0 N–H and O–H groups in total. The summed E-state index contributed by atoms with van der Waals surface area (Å²) < 4.78 is 41.1. The Balaban J connectivity index is 1.53. The van der Waals surface area contributed by atoms with E-state index < -0.39 is 23.6 Å². The van der Waals surface area contributed by atoms with Crippen LogP contribution in [0.5, 0.6) is 0 Å². The van der Waals surface area contributed by atoms with E-state index in [1.165, 1.54) is 47.4 Å². The number of amides is 1. The van der Waals surface area contributed by atoms with Crippen LogP contribution in [0.15, 0.2) is 78.0 Å². The highest BCUT2D eigenvalue weighted by atomic mass is 19.1. The van der Waals surface area contributed by atoms with Crippen LogP contribution in [0.3, 0.4) is 0 Å². The topological polar surface area (TPSA) is 41.9 Å². The van der Waals surface area contributed by atoms with Crippen LogP contribution in [0.4, 0.5) is 13.2 Å². The van der Waals surface area contributed by atoms with Gasteiger partial charge in [-0.3, -0.25) is 4.79 Å². The van der Waals surface area contributed by atoms with Gasteiger partial charge >= 0.3 is 0 Å². The molecular weight excluding hydrogens is 405 g/mol. The average molecular weight is 424 g/mol. The van der Waals surface area contributed by atoms with E-state index in [1.807, 2.05) is 0 Å². The first-order valence-corrected chi connectivity index (χ1v) is 9.76. The molecule has 0 spiro atoms. The minimum absolute atomic E-state index is 0.0726. The van der Waals surface area contributed by atoms with E-state index in [4.69, 9.17) is 4.84 Å². The summed E-state index contributed by atoms with van der Waals surface area (Å²) in [4.78, 5) is 20.0. The van der Waals surface area contributed by atoms with Crippen LogP contribution in [0.1, 0.15) is 27.9 Å². The van der Waals surface area contributed by atoms with Crippen LogP contribution in [0.2, 0.25) is 0 Å². The van der Waals surface area contributed by atoms with Gasteiger partial charge in [0.05, 0.1) is 17.8 Å². The highest BCUT2D eigenvalue weighted by molar-refractivity contribution is 6.01. The first-order chi connectivity index (χ1) is 15.0. The number of oxime groups is 1. The first kappa shape index (κ1) is 20.7. The quantitative estimate of drug-likeness (QED) is 0.563. The molecule has 1 amide bonds. The lowest BCUT2D eigenvalue weighted by atomic mass is 10.0. The number of halogens is 3. The molecule has 0 aliphatic carbocycles. The Kier molecular flexibility index (Phi) is 6.02. The van der Waals surface area contributed by atoms with Crippen molar-refractivity contribution in [2.24, 2.45) is 5.16 Å². The predicted molar refractivity (Wildman–Crippen MR) is 110 cm³/mol. The van der Waals surface area contributed by atoms with E-state index in [0.29, 0.717) is 17.7 Å². The second-order valence-corrected chi connectivity index (χ2v) is 7.27. The number of carbonyl (C=O) groups excluding carboxylic acids is 1. The Hall–Kier alpha value is -3.61. The fraction of sp³-hybridized carbons (Fsp3) is 0.167. The Labute approximate surface area is 177 Å². The lowest BCUT2D eigenvalue weighted by Crippen LogP contribution is -2.37. The van der Waals surface area contributed by atoms with Gasteiger partial charge in [0.1, 0.15) is 17.5 Å². The zero-order valence-electron chi connectivity index (χ0n) is 16.5. The lowest BCUT2D eigenvalue weighted by molar-refractivity contribution is 0.0402. The summed E-state index contributed by atoms with van der Waals surface area (Å²) in [7, 11) is 0. The largest absolute Gasteiger partial charge is 0.390 e. The maximum Gasteiger partial charge on any atom is 0.257 e. The van der Waals surface area contributed by atoms with E-state index in [2.05, 4.69) is 5.16 Å². The van der Waals surface area contributed by atoms with Crippen molar-refractivity contribution >= 4 is 11.6 Å². The number of hydrogen-bond acceptors (Lipinski definition) is 3. The van der Waals surface area contributed by atoms with Crippen LogP contribution >= 0.6 is 0 Å². The number of hydrogen-bond donors (Lipinski definition) is 0. The van der Waals surface area contributed by atoms with Gasteiger partial charge < -0.3 is 9.74 Å². The molecule has 1 heterocycles. The third-order valence-electron chi connectivity index (χ3n) is 4.99. The molecule has 158 valence electrons. The van der Waals surface area contributed by atoms with E-state index in [0.717, 1.165) is 5.56 Å². The zero-order chi connectivity index (χ0) is 21.8. The molecule has 7 heteroatoms. The van der Waals surface area contributed by atoms with Crippen molar-refractivity contribution in [2.45, 2.75) is 19.1 Å². The highest BCUT2D eigenvalue weighted by Crippen LogP contribution is 2.21. The van der Waals surface area contributed by atoms with Crippen molar-refractivity contribution in [3.63, 3.8) is 0 Å². The Morgan fingerprint density at radius 2 is 1.74 bits per heavy atom. The van der Waals surface area contributed by atoms with Gasteiger partial charge in [-0.1, -0.05) is 41.6 Å². The molecule has 0 saturated carbocycles.